The van der Waals surface area contributed by atoms with Crippen LogP contribution in [-0.2, 0) is 6.54 Å². The lowest BCUT2D eigenvalue weighted by atomic mass is 10.2. The van der Waals surface area contributed by atoms with Gasteiger partial charge in [-0.1, -0.05) is 13.8 Å². The Morgan fingerprint density at radius 1 is 1.28 bits per heavy atom. The van der Waals surface area contributed by atoms with Gasteiger partial charge < -0.3 is 15.2 Å². The van der Waals surface area contributed by atoms with Gasteiger partial charge >= 0.3 is 0 Å². The van der Waals surface area contributed by atoms with E-state index in [9.17, 15) is 0 Å². The molecule has 1 heterocycles. The minimum atomic E-state index is 0.618. The normalized spacial score (nSPS) is 10.9. The molecule has 0 bridgehead atoms. The van der Waals surface area contributed by atoms with Crippen LogP contribution in [0.5, 0.6) is 0 Å². The number of anilines is 1. The quantitative estimate of drug-likeness (QED) is 0.840. The van der Waals surface area contributed by atoms with Gasteiger partial charge in [0.1, 0.15) is 11.9 Å². The van der Waals surface area contributed by atoms with Crippen LogP contribution in [0.4, 0.5) is 5.82 Å². The van der Waals surface area contributed by atoms with Gasteiger partial charge in [0.2, 0.25) is 0 Å². The van der Waals surface area contributed by atoms with Crippen LogP contribution >= 0.6 is 0 Å². The van der Waals surface area contributed by atoms with Crippen molar-refractivity contribution in [2.24, 2.45) is 0 Å². The van der Waals surface area contributed by atoms with E-state index in [1.807, 2.05) is 13.8 Å². The molecule has 1 aromatic rings. The van der Waals surface area contributed by atoms with E-state index in [0.717, 1.165) is 43.9 Å². The van der Waals surface area contributed by atoms with Crippen molar-refractivity contribution in [3.05, 3.63) is 16.8 Å². The molecule has 0 aromatic carbocycles. The predicted molar refractivity (Wildman–Crippen MR) is 75.4 cm³/mol. The number of nitrogens with zero attached hydrogens (tertiary/aromatic N) is 3. The van der Waals surface area contributed by atoms with Crippen molar-refractivity contribution < 1.29 is 0 Å². The summed E-state index contributed by atoms with van der Waals surface area (Å²) in [6, 6.07) is 2.19. The molecule has 0 aliphatic carbocycles. The van der Waals surface area contributed by atoms with Crippen LogP contribution in [0.2, 0.25) is 0 Å². The molecule has 18 heavy (non-hydrogen) atoms. The van der Waals surface area contributed by atoms with Crippen LogP contribution in [-0.4, -0.2) is 29.1 Å². The minimum absolute atomic E-state index is 0.618. The Balaban J connectivity index is 2.72. The summed E-state index contributed by atoms with van der Waals surface area (Å²) in [7, 11) is 0. The number of nitrogen functional groups attached to an aromatic ring is 1. The van der Waals surface area contributed by atoms with Gasteiger partial charge in [0.25, 0.3) is 0 Å². The molecule has 0 aliphatic rings. The Morgan fingerprint density at radius 3 is 2.33 bits per heavy atom. The molecule has 0 saturated heterocycles. The Hall–Kier alpha value is -1.47. The monoisotopic (exact) mass is 248 g/mol. The molecule has 0 unspecified atom stereocenters. The molecule has 4 heteroatoms. The van der Waals surface area contributed by atoms with Crippen molar-refractivity contribution in [1.82, 2.24) is 9.47 Å². The van der Waals surface area contributed by atoms with E-state index in [0.29, 0.717) is 11.4 Å². The number of hydrogen-bond acceptors (Lipinski definition) is 3. The molecular weight excluding hydrogens is 224 g/mol. The second kappa shape index (κ2) is 6.46. The smallest absolute Gasteiger partial charge is 0.122 e. The molecule has 0 atom stereocenters. The van der Waals surface area contributed by atoms with Gasteiger partial charge in [-0.2, -0.15) is 5.26 Å². The molecule has 0 saturated carbocycles. The van der Waals surface area contributed by atoms with Crippen molar-refractivity contribution in [3.8, 4) is 6.07 Å². The first-order valence-electron chi connectivity index (χ1n) is 6.64. The van der Waals surface area contributed by atoms with Gasteiger partial charge in [0.15, 0.2) is 0 Å². The Labute approximate surface area is 110 Å². The second-order valence-corrected chi connectivity index (χ2v) is 4.61. The zero-order chi connectivity index (χ0) is 13.7. The van der Waals surface area contributed by atoms with Gasteiger partial charge in [-0.15, -0.1) is 0 Å². The maximum Gasteiger partial charge on any atom is 0.122 e. The lowest BCUT2D eigenvalue weighted by Gasteiger charge is -2.18. The summed E-state index contributed by atoms with van der Waals surface area (Å²) in [4.78, 5) is 2.40. The average Bonchev–Trinajstić information content (AvgIpc) is 2.57. The highest BCUT2D eigenvalue weighted by atomic mass is 15.1. The topological polar surface area (TPSA) is 58.0 Å². The van der Waals surface area contributed by atoms with E-state index in [1.165, 1.54) is 0 Å². The number of nitriles is 1. The zero-order valence-electron chi connectivity index (χ0n) is 12.0. The predicted octanol–water partition coefficient (Wildman–Crippen LogP) is 2.29. The van der Waals surface area contributed by atoms with Gasteiger partial charge in [-0.3, -0.25) is 0 Å². The van der Waals surface area contributed by atoms with Crippen molar-refractivity contribution in [1.29, 1.82) is 5.26 Å². The summed E-state index contributed by atoms with van der Waals surface area (Å²) in [5, 5.41) is 9.08. The van der Waals surface area contributed by atoms with E-state index >= 15 is 0 Å². The van der Waals surface area contributed by atoms with E-state index in [1.54, 1.807) is 0 Å². The van der Waals surface area contributed by atoms with E-state index in [2.05, 4.69) is 29.4 Å². The number of aromatic nitrogens is 1. The molecule has 0 amide bonds. The fourth-order valence-corrected chi connectivity index (χ4v) is 2.31. The lowest BCUT2D eigenvalue weighted by Crippen LogP contribution is -2.25. The first-order valence-corrected chi connectivity index (χ1v) is 6.64. The third-order valence-corrected chi connectivity index (χ3v) is 3.73. The number of nitrogens with two attached hydrogens (primary N) is 1. The van der Waals surface area contributed by atoms with Gasteiger partial charge in [0, 0.05) is 12.2 Å². The van der Waals surface area contributed by atoms with Crippen LogP contribution in [0.25, 0.3) is 0 Å². The molecule has 1 rings (SSSR count). The van der Waals surface area contributed by atoms with Crippen LogP contribution < -0.4 is 5.73 Å². The fraction of sp³-hybridized carbons (Fsp3) is 0.643. The number of rotatable bonds is 6. The molecule has 0 aliphatic heterocycles. The summed E-state index contributed by atoms with van der Waals surface area (Å²) >= 11 is 0. The first kappa shape index (κ1) is 14.6. The summed E-state index contributed by atoms with van der Waals surface area (Å²) in [5.41, 5.74) is 8.79. The maximum absolute atomic E-state index is 9.08. The van der Waals surface area contributed by atoms with E-state index in [4.69, 9.17) is 11.0 Å². The third-order valence-electron chi connectivity index (χ3n) is 3.73. The third kappa shape index (κ3) is 2.85. The van der Waals surface area contributed by atoms with Crippen LogP contribution in [0.3, 0.4) is 0 Å². The Kier molecular flexibility index (Phi) is 5.24. The molecule has 4 nitrogen and oxygen atoms in total. The van der Waals surface area contributed by atoms with Crippen molar-refractivity contribution in [2.45, 2.75) is 40.7 Å². The highest BCUT2D eigenvalue weighted by molar-refractivity contribution is 5.57. The van der Waals surface area contributed by atoms with Crippen LogP contribution in [0.15, 0.2) is 0 Å². The fourth-order valence-electron chi connectivity index (χ4n) is 2.31. The zero-order valence-corrected chi connectivity index (χ0v) is 12.0. The second-order valence-electron chi connectivity index (χ2n) is 4.61. The molecule has 0 spiro atoms. The first-order chi connectivity index (χ1) is 8.56. The minimum Gasteiger partial charge on any atom is -0.384 e. The SMILES string of the molecule is CCN(CC)CCCn1c(C)c(C)c(C#N)c1N. The summed E-state index contributed by atoms with van der Waals surface area (Å²) in [6.07, 6.45) is 1.06. The standard InChI is InChI=1S/C14H24N4/c1-5-17(6-2)8-7-9-18-12(4)11(3)13(10-15)14(18)16/h5-9,16H2,1-4H3. The van der Waals surface area contributed by atoms with Gasteiger partial charge in [-0.05, 0) is 45.5 Å². The molecular formula is C14H24N4. The Bertz CT molecular complexity index is 436. The molecule has 1 aromatic heterocycles. The molecule has 100 valence electrons. The Morgan fingerprint density at radius 2 is 1.89 bits per heavy atom. The van der Waals surface area contributed by atoms with E-state index in [-0.39, 0.29) is 0 Å². The largest absolute Gasteiger partial charge is 0.384 e. The highest BCUT2D eigenvalue weighted by Gasteiger charge is 2.14. The van der Waals surface area contributed by atoms with E-state index < -0.39 is 0 Å². The van der Waals surface area contributed by atoms with Gasteiger partial charge in [0.05, 0.1) is 5.56 Å². The summed E-state index contributed by atoms with van der Waals surface area (Å²) in [6.45, 7) is 12.5. The summed E-state index contributed by atoms with van der Waals surface area (Å²) < 4.78 is 2.07. The van der Waals surface area contributed by atoms with Crippen molar-refractivity contribution >= 4 is 5.82 Å². The maximum atomic E-state index is 9.08. The van der Waals surface area contributed by atoms with Crippen molar-refractivity contribution in [3.63, 3.8) is 0 Å². The van der Waals surface area contributed by atoms with Crippen LogP contribution in [0.1, 0.15) is 37.1 Å². The molecule has 2 N–H and O–H groups in total. The average molecular weight is 248 g/mol. The number of hydrogen-bond donors (Lipinski definition) is 1. The summed E-state index contributed by atoms with van der Waals surface area (Å²) in [5.74, 6) is 0.618. The van der Waals surface area contributed by atoms with Crippen LogP contribution in [0, 0.1) is 25.2 Å². The molecule has 0 fully saturated rings. The molecule has 0 radical (unpaired) electrons. The van der Waals surface area contributed by atoms with Crippen molar-refractivity contribution in [2.75, 3.05) is 25.4 Å². The van der Waals surface area contributed by atoms with Gasteiger partial charge in [-0.25, -0.2) is 0 Å². The lowest BCUT2D eigenvalue weighted by molar-refractivity contribution is 0.293. The highest BCUT2D eigenvalue weighted by Crippen LogP contribution is 2.23.